The van der Waals surface area contributed by atoms with E-state index in [0.29, 0.717) is 22.1 Å². The van der Waals surface area contributed by atoms with E-state index in [-0.39, 0.29) is 18.1 Å². The summed E-state index contributed by atoms with van der Waals surface area (Å²) < 4.78 is 16.4. The molecule has 1 aromatic heterocycles. The first-order valence-corrected chi connectivity index (χ1v) is 9.98. The van der Waals surface area contributed by atoms with Crippen molar-refractivity contribution < 1.29 is 9.18 Å². The van der Waals surface area contributed by atoms with Gasteiger partial charge in [-0.2, -0.15) is 5.10 Å². The fraction of sp³-hybridized carbons (Fsp3) is 0.0833. The first-order valence-electron chi connectivity index (χ1n) is 9.60. The van der Waals surface area contributed by atoms with Crippen molar-refractivity contribution in [2.75, 3.05) is 5.32 Å². The molecule has 30 heavy (non-hydrogen) atoms. The second kappa shape index (κ2) is 7.43. The number of rotatable bonds is 3. The average molecular weight is 418 g/mol. The smallest absolute Gasteiger partial charge is 0.226 e. The van der Waals surface area contributed by atoms with Gasteiger partial charge in [-0.15, -0.1) is 0 Å². The molecule has 4 aromatic rings. The second-order valence-electron chi connectivity index (χ2n) is 7.19. The van der Waals surface area contributed by atoms with Crippen LogP contribution in [0.1, 0.15) is 23.5 Å². The molecule has 0 aliphatic carbocycles. The highest BCUT2D eigenvalue weighted by Gasteiger charge is 2.35. The van der Waals surface area contributed by atoms with Crippen LogP contribution in [-0.2, 0) is 4.79 Å². The molecule has 0 bridgehead atoms. The van der Waals surface area contributed by atoms with Crippen LogP contribution in [0.5, 0.6) is 0 Å². The summed E-state index contributed by atoms with van der Waals surface area (Å²) in [4.78, 5) is 12.6. The lowest BCUT2D eigenvalue weighted by Gasteiger charge is -2.25. The van der Waals surface area contributed by atoms with Gasteiger partial charge in [0.2, 0.25) is 5.91 Å². The summed E-state index contributed by atoms with van der Waals surface area (Å²) in [5.41, 5.74) is 3.63. The Hall–Kier alpha value is -3.44. The summed E-state index contributed by atoms with van der Waals surface area (Å²) in [6.45, 7) is 0. The van der Waals surface area contributed by atoms with Crippen molar-refractivity contribution in [1.82, 2.24) is 9.78 Å². The minimum atomic E-state index is -0.446. The number of para-hydroxylation sites is 1. The van der Waals surface area contributed by atoms with Gasteiger partial charge in [-0.1, -0.05) is 60.1 Å². The number of benzene rings is 3. The van der Waals surface area contributed by atoms with Crippen LogP contribution in [0.4, 0.5) is 10.2 Å². The number of fused-ring (bicyclic) bond motifs is 1. The van der Waals surface area contributed by atoms with E-state index in [1.165, 1.54) is 6.07 Å². The maximum absolute atomic E-state index is 14.7. The first-order chi connectivity index (χ1) is 14.6. The number of anilines is 1. The lowest BCUT2D eigenvalue weighted by Crippen LogP contribution is -2.25. The van der Waals surface area contributed by atoms with Crippen molar-refractivity contribution in [3.63, 3.8) is 0 Å². The Kier molecular flexibility index (Phi) is 4.60. The number of aromatic nitrogens is 2. The minimum Gasteiger partial charge on any atom is -0.310 e. The number of hydrogen-bond acceptors (Lipinski definition) is 2. The molecule has 5 rings (SSSR count). The third kappa shape index (κ3) is 3.17. The van der Waals surface area contributed by atoms with Gasteiger partial charge in [0, 0.05) is 28.5 Å². The number of nitrogens with zero attached hydrogens (tertiary/aromatic N) is 2. The predicted molar refractivity (Wildman–Crippen MR) is 115 cm³/mol. The van der Waals surface area contributed by atoms with Crippen LogP contribution in [0.25, 0.3) is 16.9 Å². The molecule has 1 N–H and O–H groups in total. The molecule has 1 aliphatic rings. The molecule has 1 atom stereocenters. The van der Waals surface area contributed by atoms with Crippen LogP contribution in [-0.4, -0.2) is 15.7 Å². The Morgan fingerprint density at radius 1 is 0.967 bits per heavy atom. The van der Waals surface area contributed by atoms with E-state index in [1.54, 1.807) is 35.0 Å². The fourth-order valence-corrected chi connectivity index (χ4v) is 4.08. The first kappa shape index (κ1) is 18.6. The zero-order valence-electron chi connectivity index (χ0n) is 15.8. The molecule has 1 amide bonds. The fourth-order valence-electron chi connectivity index (χ4n) is 3.95. The highest BCUT2D eigenvalue weighted by Crippen LogP contribution is 2.44. The number of carbonyl (C=O) groups is 1. The van der Waals surface area contributed by atoms with E-state index in [2.05, 4.69) is 5.32 Å². The SMILES string of the molecule is O=C1CC(c2ccccc2F)c2c(-c3ccc(Cl)cc3)nn(-c3ccccc3)c2N1. The zero-order chi connectivity index (χ0) is 20.7. The monoisotopic (exact) mass is 417 g/mol. The summed E-state index contributed by atoms with van der Waals surface area (Å²) >= 11 is 6.08. The maximum atomic E-state index is 14.7. The summed E-state index contributed by atoms with van der Waals surface area (Å²) in [5, 5.41) is 8.42. The van der Waals surface area contributed by atoms with Gasteiger partial charge in [-0.3, -0.25) is 4.79 Å². The molecule has 0 fully saturated rings. The van der Waals surface area contributed by atoms with Crippen LogP contribution in [0.3, 0.4) is 0 Å². The maximum Gasteiger partial charge on any atom is 0.226 e. The molecule has 4 nitrogen and oxygen atoms in total. The van der Waals surface area contributed by atoms with Crippen LogP contribution in [0.2, 0.25) is 5.02 Å². The molecule has 1 unspecified atom stereocenters. The number of nitrogens with one attached hydrogen (secondary N) is 1. The van der Waals surface area contributed by atoms with E-state index in [4.69, 9.17) is 16.7 Å². The number of amides is 1. The summed E-state index contributed by atoms with van der Waals surface area (Å²) in [7, 11) is 0. The molecule has 0 saturated heterocycles. The molecular formula is C24H17ClFN3O. The minimum absolute atomic E-state index is 0.148. The van der Waals surface area contributed by atoms with Crippen LogP contribution >= 0.6 is 11.6 Å². The van der Waals surface area contributed by atoms with Crippen molar-refractivity contribution in [2.45, 2.75) is 12.3 Å². The Morgan fingerprint density at radius 2 is 1.67 bits per heavy atom. The van der Waals surface area contributed by atoms with Gasteiger partial charge in [0.15, 0.2) is 0 Å². The lowest BCUT2D eigenvalue weighted by atomic mass is 9.84. The Morgan fingerprint density at radius 3 is 2.40 bits per heavy atom. The second-order valence-corrected chi connectivity index (χ2v) is 7.63. The molecule has 2 heterocycles. The van der Waals surface area contributed by atoms with Crippen molar-refractivity contribution in [3.05, 3.63) is 101 Å². The normalized spacial score (nSPS) is 15.5. The highest BCUT2D eigenvalue weighted by molar-refractivity contribution is 6.30. The third-order valence-electron chi connectivity index (χ3n) is 5.32. The molecule has 3 aromatic carbocycles. The molecule has 6 heteroatoms. The zero-order valence-corrected chi connectivity index (χ0v) is 16.6. The van der Waals surface area contributed by atoms with Crippen LogP contribution < -0.4 is 5.32 Å². The standard InChI is InChI=1S/C24H17ClFN3O/c25-16-12-10-15(11-13-16)23-22-19(18-8-4-5-9-20(18)26)14-21(30)27-24(22)29(28-23)17-6-2-1-3-7-17/h1-13,19H,14H2,(H,27,30). The Balaban J connectivity index is 1.79. The van der Waals surface area contributed by atoms with Gasteiger partial charge in [0.25, 0.3) is 0 Å². The third-order valence-corrected chi connectivity index (χ3v) is 5.57. The van der Waals surface area contributed by atoms with E-state index < -0.39 is 5.92 Å². The Labute approximate surface area is 177 Å². The molecule has 0 radical (unpaired) electrons. The van der Waals surface area contributed by atoms with Crippen molar-refractivity contribution in [2.24, 2.45) is 0 Å². The van der Waals surface area contributed by atoms with E-state index in [9.17, 15) is 9.18 Å². The lowest BCUT2D eigenvalue weighted by molar-refractivity contribution is -0.116. The van der Waals surface area contributed by atoms with E-state index in [0.717, 1.165) is 16.8 Å². The summed E-state index contributed by atoms with van der Waals surface area (Å²) in [5.74, 6) is -0.387. The average Bonchev–Trinajstić information content (AvgIpc) is 3.14. The highest BCUT2D eigenvalue weighted by atomic mass is 35.5. The van der Waals surface area contributed by atoms with Gasteiger partial charge in [-0.05, 0) is 35.9 Å². The topological polar surface area (TPSA) is 46.9 Å². The molecule has 0 saturated carbocycles. The van der Waals surface area contributed by atoms with Gasteiger partial charge >= 0.3 is 0 Å². The predicted octanol–water partition coefficient (Wildman–Crippen LogP) is 5.81. The van der Waals surface area contributed by atoms with Crippen molar-refractivity contribution in [3.8, 4) is 16.9 Å². The van der Waals surface area contributed by atoms with Crippen molar-refractivity contribution in [1.29, 1.82) is 0 Å². The Bertz CT molecular complexity index is 1240. The van der Waals surface area contributed by atoms with E-state index >= 15 is 0 Å². The number of hydrogen-bond donors (Lipinski definition) is 1. The van der Waals surface area contributed by atoms with Crippen LogP contribution in [0.15, 0.2) is 78.9 Å². The van der Waals surface area contributed by atoms with Gasteiger partial charge in [0.1, 0.15) is 11.6 Å². The summed E-state index contributed by atoms with van der Waals surface area (Å²) in [6.07, 6.45) is 0.148. The largest absolute Gasteiger partial charge is 0.310 e. The van der Waals surface area contributed by atoms with Gasteiger partial charge in [-0.25, -0.2) is 9.07 Å². The molecule has 1 aliphatic heterocycles. The quantitative estimate of drug-likeness (QED) is 0.457. The summed E-state index contributed by atoms with van der Waals surface area (Å²) in [6, 6.07) is 23.5. The van der Waals surface area contributed by atoms with Gasteiger partial charge in [0.05, 0.1) is 11.4 Å². The number of carbonyl (C=O) groups excluding carboxylic acids is 1. The molecule has 0 spiro atoms. The number of halogens is 2. The van der Waals surface area contributed by atoms with Gasteiger partial charge < -0.3 is 5.32 Å². The van der Waals surface area contributed by atoms with Crippen LogP contribution in [0, 0.1) is 5.82 Å². The van der Waals surface area contributed by atoms with Crippen molar-refractivity contribution >= 4 is 23.3 Å². The molecule has 148 valence electrons. The van der Waals surface area contributed by atoms with E-state index in [1.807, 2.05) is 42.5 Å². The molecular weight excluding hydrogens is 401 g/mol.